The van der Waals surface area contributed by atoms with Gasteiger partial charge in [-0.05, 0) is 0 Å². The van der Waals surface area contributed by atoms with Crippen molar-refractivity contribution in [2.24, 2.45) is 0 Å². The van der Waals surface area contributed by atoms with Crippen LogP contribution < -0.4 is 14.9 Å². The number of rotatable bonds is 3. The van der Waals surface area contributed by atoms with Crippen molar-refractivity contribution in [1.82, 2.24) is 0 Å². The third-order valence-corrected chi connectivity index (χ3v) is 3.50. The summed E-state index contributed by atoms with van der Waals surface area (Å²) in [5.74, 6) is -0.952. The smallest absolute Gasteiger partial charge is 0.208 e. The van der Waals surface area contributed by atoms with Gasteiger partial charge in [0.15, 0.2) is 16.8 Å². The fourth-order valence-electron chi connectivity index (χ4n) is 2.44. The van der Waals surface area contributed by atoms with Crippen molar-refractivity contribution in [3.63, 3.8) is 0 Å². The summed E-state index contributed by atoms with van der Waals surface area (Å²) in [4.78, 5) is 12.4. The zero-order chi connectivity index (χ0) is 16.6. The largest absolute Gasteiger partial charge is 0.504 e. The molecular formula is C17H14O6. The minimum atomic E-state index is -0.492. The van der Waals surface area contributed by atoms with E-state index in [2.05, 4.69) is 0 Å². The van der Waals surface area contributed by atoms with E-state index in [1.165, 1.54) is 20.3 Å². The van der Waals surface area contributed by atoms with Gasteiger partial charge in [-0.25, -0.2) is 0 Å². The molecule has 118 valence electrons. The van der Waals surface area contributed by atoms with Crippen LogP contribution in [0.25, 0.3) is 22.3 Å². The van der Waals surface area contributed by atoms with Gasteiger partial charge in [-0.3, -0.25) is 4.79 Å². The second kappa shape index (κ2) is 5.57. The number of methoxy groups -OCH3 is 2. The molecule has 6 heteroatoms. The zero-order valence-corrected chi connectivity index (χ0v) is 12.5. The summed E-state index contributed by atoms with van der Waals surface area (Å²) in [5.41, 5.74) is 0.164. The Hall–Kier alpha value is -3.15. The molecule has 2 N–H and O–H groups in total. The number of hydrogen-bond donors (Lipinski definition) is 2. The van der Waals surface area contributed by atoms with Crippen LogP contribution in [0.1, 0.15) is 0 Å². The van der Waals surface area contributed by atoms with E-state index in [0.29, 0.717) is 11.3 Å². The Bertz CT molecular complexity index is 927. The summed E-state index contributed by atoms with van der Waals surface area (Å²) in [7, 11) is 2.58. The van der Waals surface area contributed by atoms with Crippen molar-refractivity contribution >= 4 is 11.0 Å². The van der Waals surface area contributed by atoms with E-state index in [1.54, 1.807) is 24.3 Å². The Balaban J connectivity index is 2.43. The summed E-state index contributed by atoms with van der Waals surface area (Å²) in [6.07, 6.45) is 0. The Morgan fingerprint density at radius 3 is 2.22 bits per heavy atom. The lowest BCUT2D eigenvalue weighted by atomic mass is 10.1. The van der Waals surface area contributed by atoms with E-state index in [-0.39, 0.29) is 22.5 Å². The van der Waals surface area contributed by atoms with Crippen molar-refractivity contribution in [2.75, 3.05) is 14.2 Å². The first kappa shape index (κ1) is 14.8. The van der Waals surface area contributed by atoms with Gasteiger partial charge in [-0.1, -0.05) is 30.3 Å². The van der Waals surface area contributed by atoms with E-state index in [9.17, 15) is 15.0 Å². The van der Waals surface area contributed by atoms with Crippen LogP contribution in [0.5, 0.6) is 23.0 Å². The first-order chi connectivity index (χ1) is 11.1. The van der Waals surface area contributed by atoms with Crippen LogP contribution >= 0.6 is 0 Å². The highest BCUT2D eigenvalue weighted by atomic mass is 16.5. The molecule has 2 aromatic carbocycles. The lowest BCUT2D eigenvalue weighted by Gasteiger charge is -2.13. The number of benzene rings is 2. The average Bonchev–Trinajstić information content (AvgIpc) is 2.56. The molecule has 0 bridgehead atoms. The standard InChI is InChI=1S/C17H14O6/c1-21-16-13(19)12-10(18)8-11(9-6-4-3-5-7-9)23-15(12)17(22-2)14(16)20/h3-8,19-20H,1-2H3. The summed E-state index contributed by atoms with van der Waals surface area (Å²) >= 11 is 0. The van der Waals surface area contributed by atoms with Crippen molar-refractivity contribution < 1.29 is 24.1 Å². The second-order valence-corrected chi connectivity index (χ2v) is 4.81. The fourth-order valence-corrected chi connectivity index (χ4v) is 2.44. The molecule has 1 aromatic heterocycles. The van der Waals surface area contributed by atoms with Crippen LogP contribution in [0.4, 0.5) is 0 Å². The maximum Gasteiger partial charge on any atom is 0.208 e. The first-order valence-corrected chi connectivity index (χ1v) is 6.77. The van der Waals surface area contributed by atoms with Gasteiger partial charge in [0.1, 0.15) is 11.1 Å². The van der Waals surface area contributed by atoms with E-state index < -0.39 is 16.9 Å². The summed E-state index contributed by atoms with van der Waals surface area (Å²) < 4.78 is 15.8. The number of aromatic hydroxyl groups is 2. The molecule has 3 rings (SSSR count). The third-order valence-electron chi connectivity index (χ3n) is 3.50. The Morgan fingerprint density at radius 2 is 1.61 bits per heavy atom. The molecule has 0 aliphatic carbocycles. The third kappa shape index (κ3) is 2.24. The molecule has 0 aliphatic heterocycles. The predicted molar refractivity (Wildman–Crippen MR) is 84.4 cm³/mol. The Kier molecular flexibility index (Phi) is 3.57. The van der Waals surface area contributed by atoms with Gasteiger partial charge in [0, 0.05) is 11.6 Å². The summed E-state index contributed by atoms with van der Waals surface area (Å²) in [6.45, 7) is 0. The monoisotopic (exact) mass is 314 g/mol. The van der Waals surface area contributed by atoms with Gasteiger partial charge >= 0.3 is 0 Å². The molecule has 0 saturated carbocycles. The molecule has 0 spiro atoms. The maximum absolute atomic E-state index is 12.4. The highest BCUT2D eigenvalue weighted by Crippen LogP contribution is 2.49. The molecule has 0 radical (unpaired) electrons. The topological polar surface area (TPSA) is 89.1 Å². The maximum atomic E-state index is 12.4. The highest BCUT2D eigenvalue weighted by Gasteiger charge is 2.25. The average molecular weight is 314 g/mol. The number of hydrogen-bond acceptors (Lipinski definition) is 6. The number of phenolic OH excluding ortho intramolecular Hbond substituents is 2. The van der Waals surface area contributed by atoms with Crippen LogP contribution in [0, 0.1) is 0 Å². The van der Waals surface area contributed by atoms with E-state index >= 15 is 0 Å². The van der Waals surface area contributed by atoms with Crippen molar-refractivity contribution in [1.29, 1.82) is 0 Å². The van der Waals surface area contributed by atoms with Gasteiger partial charge in [-0.2, -0.15) is 0 Å². The molecule has 0 unspecified atom stereocenters. The molecule has 6 nitrogen and oxygen atoms in total. The SMILES string of the molecule is COc1c(O)c(OC)c2oc(-c3ccccc3)cc(=O)c2c1O. The lowest BCUT2D eigenvalue weighted by Crippen LogP contribution is -2.03. The molecule has 1 heterocycles. The van der Waals surface area contributed by atoms with E-state index in [0.717, 1.165) is 0 Å². The minimum absolute atomic E-state index is 0.0466. The zero-order valence-electron chi connectivity index (χ0n) is 12.5. The molecule has 23 heavy (non-hydrogen) atoms. The Morgan fingerprint density at radius 1 is 0.957 bits per heavy atom. The quantitative estimate of drug-likeness (QED) is 0.772. The number of ether oxygens (including phenoxy) is 2. The van der Waals surface area contributed by atoms with E-state index in [4.69, 9.17) is 13.9 Å². The normalized spacial score (nSPS) is 10.7. The fraction of sp³-hybridized carbons (Fsp3) is 0.118. The second-order valence-electron chi connectivity index (χ2n) is 4.81. The predicted octanol–water partition coefficient (Wildman–Crippen LogP) is 2.89. The Labute approximate surface area is 131 Å². The molecule has 0 amide bonds. The van der Waals surface area contributed by atoms with Crippen molar-refractivity contribution in [3.05, 3.63) is 46.6 Å². The molecule has 0 aliphatic rings. The van der Waals surface area contributed by atoms with Gasteiger partial charge in [0.25, 0.3) is 0 Å². The first-order valence-electron chi connectivity index (χ1n) is 6.77. The molecule has 3 aromatic rings. The highest BCUT2D eigenvalue weighted by molar-refractivity contribution is 5.95. The number of fused-ring (bicyclic) bond motifs is 1. The van der Waals surface area contributed by atoms with Gasteiger partial charge < -0.3 is 24.1 Å². The van der Waals surface area contributed by atoms with Crippen LogP contribution in [0.3, 0.4) is 0 Å². The van der Waals surface area contributed by atoms with Gasteiger partial charge in [0.2, 0.25) is 17.2 Å². The lowest BCUT2D eigenvalue weighted by molar-refractivity contribution is 0.323. The van der Waals surface area contributed by atoms with Crippen molar-refractivity contribution in [3.8, 4) is 34.3 Å². The summed E-state index contributed by atoms with van der Waals surface area (Å²) in [6, 6.07) is 10.3. The van der Waals surface area contributed by atoms with Crippen LogP contribution in [0.15, 0.2) is 45.6 Å². The molecular weight excluding hydrogens is 300 g/mol. The number of phenols is 2. The van der Waals surface area contributed by atoms with Crippen LogP contribution in [-0.2, 0) is 0 Å². The van der Waals surface area contributed by atoms with Gasteiger partial charge in [0.05, 0.1) is 14.2 Å². The van der Waals surface area contributed by atoms with Crippen LogP contribution in [-0.4, -0.2) is 24.4 Å². The molecule has 0 atom stereocenters. The van der Waals surface area contributed by atoms with Gasteiger partial charge in [-0.15, -0.1) is 0 Å². The van der Waals surface area contributed by atoms with Crippen molar-refractivity contribution in [2.45, 2.75) is 0 Å². The molecule has 0 fully saturated rings. The molecule has 0 saturated heterocycles. The minimum Gasteiger partial charge on any atom is -0.504 e. The van der Waals surface area contributed by atoms with E-state index in [1.807, 2.05) is 6.07 Å². The summed E-state index contributed by atoms with van der Waals surface area (Å²) in [5, 5.41) is 20.2. The van der Waals surface area contributed by atoms with Crippen LogP contribution in [0.2, 0.25) is 0 Å².